The third-order valence-corrected chi connectivity index (χ3v) is 3.97. The third-order valence-electron chi connectivity index (χ3n) is 3.97. The fraction of sp³-hybridized carbons (Fsp3) is 0.600. The van der Waals surface area contributed by atoms with Crippen molar-refractivity contribution in [1.29, 1.82) is 0 Å². The van der Waals surface area contributed by atoms with Gasteiger partial charge in [0.2, 0.25) is 0 Å². The molecule has 1 saturated carbocycles. The number of nitrogens with one attached hydrogen (secondary N) is 1. The van der Waals surface area contributed by atoms with Crippen LogP contribution in [0.1, 0.15) is 55.1 Å². The van der Waals surface area contributed by atoms with E-state index in [1.165, 1.54) is 25.7 Å². The lowest BCUT2D eigenvalue weighted by molar-refractivity contribution is 0.0916. The quantitative estimate of drug-likeness (QED) is 0.820. The molecule has 1 amide bonds. The minimum absolute atomic E-state index is 0.0673. The zero-order valence-corrected chi connectivity index (χ0v) is 11.6. The van der Waals surface area contributed by atoms with Crippen LogP contribution in [0.3, 0.4) is 0 Å². The Morgan fingerprint density at radius 3 is 2.84 bits per heavy atom. The molecule has 19 heavy (non-hydrogen) atoms. The molecule has 1 aromatic rings. The maximum absolute atomic E-state index is 12.2. The number of amides is 1. The maximum atomic E-state index is 12.2. The van der Waals surface area contributed by atoms with Gasteiger partial charge >= 0.3 is 0 Å². The molecule has 0 spiro atoms. The van der Waals surface area contributed by atoms with Gasteiger partial charge in [0.05, 0.1) is 0 Å². The van der Waals surface area contributed by atoms with Crippen molar-refractivity contribution in [1.82, 2.24) is 10.3 Å². The van der Waals surface area contributed by atoms with E-state index in [-0.39, 0.29) is 11.9 Å². The molecule has 4 heteroatoms. The zero-order valence-electron chi connectivity index (χ0n) is 11.6. The highest BCUT2D eigenvalue weighted by Crippen LogP contribution is 2.23. The van der Waals surface area contributed by atoms with Crippen molar-refractivity contribution in [2.75, 3.05) is 0 Å². The number of pyridine rings is 1. The van der Waals surface area contributed by atoms with Gasteiger partial charge in [-0.1, -0.05) is 32.3 Å². The summed E-state index contributed by atoms with van der Waals surface area (Å²) in [6.45, 7) is 2.68. The Labute approximate surface area is 114 Å². The highest BCUT2D eigenvalue weighted by Gasteiger charge is 2.22. The molecule has 0 aromatic carbocycles. The van der Waals surface area contributed by atoms with E-state index in [4.69, 9.17) is 5.73 Å². The first-order chi connectivity index (χ1) is 9.20. The average Bonchev–Trinajstić information content (AvgIpc) is 2.64. The van der Waals surface area contributed by atoms with Crippen molar-refractivity contribution >= 4 is 5.91 Å². The first kappa shape index (κ1) is 14.0. The fourth-order valence-corrected chi connectivity index (χ4v) is 2.63. The van der Waals surface area contributed by atoms with E-state index in [9.17, 15) is 4.79 Å². The monoisotopic (exact) mass is 261 g/mol. The number of hydrogen-bond acceptors (Lipinski definition) is 3. The van der Waals surface area contributed by atoms with Crippen LogP contribution in [0.25, 0.3) is 0 Å². The van der Waals surface area contributed by atoms with Crippen LogP contribution in [0.15, 0.2) is 18.3 Å². The van der Waals surface area contributed by atoms with Gasteiger partial charge in [0, 0.05) is 18.8 Å². The lowest BCUT2D eigenvalue weighted by Crippen LogP contribution is -2.39. The highest BCUT2D eigenvalue weighted by atomic mass is 16.1. The van der Waals surface area contributed by atoms with Crippen molar-refractivity contribution in [3.05, 3.63) is 29.6 Å². The number of carbonyl (C=O) groups excluding carboxylic acids is 1. The van der Waals surface area contributed by atoms with Crippen LogP contribution < -0.4 is 11.1 Å². The lowest BCUT2D eigenvalue weighted by atomic mass is 9.97. The summed E-state index contributed by atoms with van der Waals surface area (Å²) in [7, 11) is 0. The molecule has 1 aliphatic rings. The summed E-state index contributed by atoms with van der Waals surface area (Å²) in [5.74, 6) is 0.483. The van der Waals surface area contributed by atoms with Gasteiger partial charge < -0.3 is 11.1 Å². The van der Waals surface area contributed by atoms with Crippen LogP contribution in [0.2, 0.25) is 0 Å². The average molecular weight is 261 g/mol. The zero-order chi connectivity index (χ0) is 13.7. The van der Waals surface area contributed by atoms with Crippen molar-refractivity contribution in [2.45, 2.75) is 51.6 Å². The Bertz CT molecular complexity index is 416. The number of nitrogens with two attached hydrogens (primary N) is 1. The van der Waals surface area contributed by atoms with E-state index in [1.54, 1.807) is 12.3 Å². The van der Waals surface area contributed by atoms with Gasteiger partial charge in [-0.3, -0.25) is 9.78 Å². The summed E-state index contributed by atoms with van der Waals surface area (Å²) < 4.78 is 0. The van der Waals surface area contributed by atoms with Crippen LogP contribution in [0.5, 0.6) is 0 Å². The molecule has 3 N–H and O–H groups in total. The first-order valence-corrected chi connectivity index (χ1v) is 7.16. The second-order valence-corrected chi connectivity index (χ2v) is 5.45. The predicted molar refractivity (Wildman–Crippen MR) is 75.6 cm³/mol. The summed E-state index contributed by atoms with van der Waals surface area (Å²) in [6.07, 6.45) is 7.70. The van der Waals surface area contributed by atoms with E-state index < -0.39 is 0 Å². The van der Waals surface area contributed by atoms with Crippen LogP contribution in [0.4, 0.5) is 0 Å². The van der Waals surface area contributed by atoms with Crippen molar-refractivity contribution < 1.29 is 4.79 Å². The maximum Gasteiger partial charge on any atom is 0.270 e. The highest BCUT2D eigenvalue weighted by molar-refractivity contribution is 5.92. The minimum atomic E-state index is -0.0673. The first-order valence-electron chi connectivity index (χ1n) is 7.16. The molecule has 0 bridgehead atoms. The van der Waals surface area contributed by atoms with E-state index in [2.05, 4.69) is 17.2 Å². The Balaban J connectivity index is 1.98. The van der Waals surface area contributed by atoms with E-state index >= 15 is 0 Å². The van der Waals surface area contributed by atoms with Crippen molar-refractivity contribution in [2.24, 2.45) is 11.7 Å². The normalized spacial score (nSPS) is 23.7. The van der Waals surface area contributed by atoms with E-state index in [0.29, 0.717) is 18.2 Å². The third kappa shape index (κ3) is 3.77. The van der Waals surface area contributed by atoms with E-state index in [1.807, 2.05) is 6.07 Å². The largest absolute Gasteiger partial charge is 0.348 e. The number of rotatable bonds is 3. The molecular formula is C15H23N3O. The van der Waals surface area contributed by atoms with Crippen molar-refractivity contribution in [3.8, 4) is 0 Å². The Hall–Kier alpha value is -1.42. The van der Waals surface area contributed by atoms with Crippen LogP contribution in [-0.2, 0) is 6.54 Å². The van der Waals surface area contributed by atoms with Gasteiger partial charge in [-0.25, -0.2) is 0 Å². The molecule has 1 aliphatic carbocycles. The van der Waals surface area contributed by atoms with Crippen LogP contribution in [-0.4, -0.2) is 16.9 Å². The summed E-state index contributed by atoms with van der Waals surface area (Å²) >= 11 is 0. The van der Waals surface area contributed by atoms with E-state index in [0.717, 1.165) is 12.0 Å². The SMILES string of the molecule is CC1CCCCCC1NC(=O)c1ccc(CN)cn1. The number of hydrogen-bond donors (Lipinski definition) is 2. The Morgan fingerprint density at radius 2 is 2.16 bits per heavy atom. The molecule has 1 heterocycles. The Kier molecular flexibility index (Phi) is 4.91. The molecular weight excluding hydrogens is 238 g/mol. The lowest BCUT2D eigenvalue weighted by Gasteiger charge is -2.22. The molecule has 104 valence electrons. The molecule has 1 aromatic heterocycles. The number of carbonyl (C=O) groups is 1. The van der Waals surface area contributed by atoms with Gasteiger partial charge in [-0.05, 0) is 30.4 Å². The van der Waals surface area contributed by atoms with Crippen molar-refractivity contribution in [3.63, 3.8) is 0 Å². The summed E-state index contributed by atoms with van der Waals surface area (Å²) in [5.41, 5.74) is 6.94. The molecule has 2 atom stereocenters. The number of nitrogens with zero attached hydrogens (tertiary/aromatic N) is 1. The standard InChI is InChI=1S/C15H23N3O/c1-11-5-3-2-4-6-13(11)18-15(19)14-8-7-12(9-16)10-17-14/h7-8,10-11,13H,2-6,9,16H2,1H3,(H,18,19). The summed E-state index contributed by atoms with van der Waals surface area (Å²) in [4.78, 5) is 16.3. The van der Waals surface area contributed by atoms with Gasteiger partial charge in [-0.15, -0.1) is 0 Å². The minimum Gasteiger partial charge on any atom is -0.348 e. The second-order valence-electron chi connectivity index (χ2n) is 5.45. The van der Waals surface area contributed by atoms with Crippen LogP contribution in [0, 0.1) is 5.92 Å². The molecule has 4 nitrogen and oxygen atoms in total. The number of aromatic nitrogens is 1. The Morgan fingerprint density at radius 1 is 1.37 bits per heavy atom. The van der Waals surface area contributed by atoms with Gasteiger partial charge in [0.1, 0.15) is 5.69 Å². The van der Waals surface area contributed by atoms with Gasteiger partial charge in [0.15, 0.2) is 0 Å². The molecule has 0 aliphatic heterocycles. The topological polar surface area (TPSA) is 68.0 Å². The molecule has 2 unspecified atom stereocenters. The van der Waals surface area contributed by atoms with Gasteiger partial charge in [0.25, 0.3) is 5.91 Å². The fourth-order valence-electron chi connectivity index (χ4n) is 2.63. The molecule has 0 radical (unpaired) electrons. The van der Waals surface area contributed by atoms with Crippen LogP contribution >= 0.6 is 0 Å². The molecule has 2 rings (SSSR count). The van der Waals surface area contributed by atoms with Gasteiger partial charge in [-0.2, -0.15) is 0 Å². The summed E-state index contributed by atoms with van der Waals surface area (Å²) in [5, 5.41) is 3.13. The molecule has 1 fully saturated rings. The molecule has 0 saturated heterocycles. The predicted octanol–water partition coefficient (Wildman–Crippen LogP) is 2.24. The second kappa shape index (κ2) is 6.66. The summed E-state index contributed by atoms with van der Waals surface area (Å²) in [6, 6.07) is 3.89. The smallest absolute Gasteiger partial charge is 0.270 e.